The van der Waals surface area contributed by atoms with Gasteiger partial charge in [0, 0.05) is 13.1 Å². The fourth-order valence-electron chi connectivity index (χ4n) is 3.40. The van der Waals surface area contributed by atoms with Gasteiger partial charge in [-0.05, 0) is 29.4 Å². The Morgan fingerprint density at radius 1 is 0.606 bits per heavy atom. The van der Waals surface area contributed by atoms with Crippen LogP contribution in [0.25, 0.3) is 22.1 Å². The molecule has 0 amide bonds. The van der Waals surface area contributed by atoms with E-state index < -0.39 is 0 Å². The lowest BCUT2D eigenvalue weighted by molar-refractivity contribution is 0.512. The van der Waals surface area contributed by atoms with Gasteiger partial charge in [-0.3, -0.25) is 0 Å². The summed E-state index contributed by atoms with van der Waals surface area (Å²) in [6, 6.07) is 0. The predicted molar refractivity (Wildman–Crippen MR) is 141 cm³/mol. The Hall–Kier alpha value is -1.50. The largest absolute Gasteiger partial charge is 0.247 e. The molecule has 176 valence electrons. The van der Waals surface area contributed by atoms with Crippen LogP contribution in [0.1, 0.15) is 34.1 Å². The van der Waals surface area contributed by atoms with Crippen molar-refractivity contribution < 1.29 is 0 Å². The van der Waals surface area contributed by atoms with Gasteiger partial charge in [-0.15, -0.1) is 23.5 Å². The summed E-state index contributed by atoms with van der Waals surface area (Å²) in [6.45, 7) is 10.0. The van der Waals surface area contributed by atoms with Crippen LogP contribution in [0.5, 0.6) is 0 Å². The molecule has 4 heterocycles. The van der Waals surface area contributed by atoms with Gasteiger partial charge >= 0.3 is 0 Å². The normalized spacial score (nSPS) is 11.8. The van der Waals surface area contributed by atoms with Crippen molar-refractivity contribution in [3.05, 3.63) is 12.4 Å². The molecular weight excluding hydrogens is 493 g/mol. The number of nitrogens with zero attached hydrogens (tertiary/aromatic N) is 8. The van der Waals surface area contributed by atoms with Crippen molar-refractivity contribution in [2.75, 3.05) is 23.0 Å². The number of hydrogen-bond donors (Lipinski definition) is 0. The smallest absolute Gasteiger partial charge is 0.190 e. The highest BCUT2D eigenvalue weighted by molar-refractivity contribution is 8.00. The van der Waals surface area contributed by atoms with Gasteiger partial charge in [0.15, 0.2) is 21.6 Å². The fourth-order valence-corrected chi connectivity index (χ4v) is 6.09. The highest BCUT2D eigenvalue weighted by Crippen LogP contribution is 2.29. The number of hydrogen-bond acceptors (Lipinski definition) is 10. The van der Waals surface area contributed by atoms with E-state index in [2.05, 4.69) is 37.9 Å². The van der Waals surface area contributed by atoms with Crippen molar-refractivity contribution in [2.45, 2.75) is 67.6 Å². The number of thioether (sulfide) groups is 4. The van der Waals surface area contributed by atoms with Crippen LogP contribution in [0.15, 0.2) is 32.8 Å². The number of fused-ring (bicyclic) bond motifs is 2. The number of aryl methyl sites for hydroxylation is 2. The molecule has 4 rings (SSSR count). The zero-order valence-electron chi connectivity index (χ0n) is 19.3. The molecule has 0 aromatic carbocycles. The molecule has 0 atom stereocenters. The molecule has 0 fully saturated rings. The van der Waals surface area contributed by atoms with Gasteiger partial charge in [0.05, 0.1) is 23.2 Å². The zero-order chi connectivity index (χ0) is 23.2. The van der Waals surface area contributed by atoms with Crippen LogP contribution in [0.4, 0.5) is 0 Å². The van der Waals surface area contributed by atoms with E-state index in [0.29, 0.717) is 0 Å². The molecule has 12 heteroatoms. The first kappa shape index (κ1) is 24.6. The standard InChI is InChI=1S/C21H28N8S4/c1-5-30-18-14-12-22-28(16(14)24-20(26-18)32-7-3)10-9-11-29-17-15(13-23-29)19(31-6-2)27-21(25-17)33-8-4/h12-13H,5-11H2,1-4H3. The van der Waals surface area contributed by atoms with E-state index in [0.717, 1.165) is 85.0 Å². The van der Waals surface area contributed by atoms with Crippen LogP contribution in [0.2, 0.25) is 0 Å². The van der Waals surface area contributed by atoms with Crippen molar-refractivity contribution in [1.29, 1.82) is 0 Å². The molecule has 4 aromatic rings. The third-order valence-corrected chi connectivity index (χ3v) is 7.94. The molecular formula is C21H28N8S4. The minimum atomic E-state index is 0.756. The maximum absolute atomic E-state index is 4.79. The van der Waals surface area contributed by atoms with E-state index in [1.54, 1.807) is 47.0 Å². The van der Waals surface area contributed by atoms with E-state index in [4.69, 9.17) is 19.9 Å². The van der Waals surface area contributed by atoms with Gasteiger partial charge in [-0.2, -0.15) is 10.2 Å². The highest BCUT2D eigenvalue weighted by Gasteiger charge is 2.15. The molecule has 0 bridgehead atoms. The van der Waals surface area contributed by atoms with Gasteiger partial charge in [-0.1, -0.05) is 51.2 Å². The average Bonchev–Trinajstić information content (AvgIpc) is 3.40. The Labute approximate surface area is 210 Å². The Bertz CT molecular complexity index is 1130. The molecule has 0 aliphatic carbocycles. The molecule has 0 spiro atoms. The molecule has 33 heavy (non-hydrogen) atoms. The van der Waals surface area contributed by atoms with Crippen molar-refractivity contribution in [1.82, 2.24) is 39.5 Å². The van der Waals surface area contributed by atoms with Gasteiger partial charge in [0.2, 0.25) is 0 Å². The summed E-state index contributed by atoms with van der Waals surface area (Å²) < 4.78 is 3.99. The highest BCUT2D eigenvalue weighted by atomic mass is 32.2. The first-order valence-corrected chi connectivity index (χ1v) is 15.1. The second-order valence-corrected chi connectivity index (χ2v) is 11.9. The Morgan fingerprint density at radius 2 is 1.03 bits per heavy atom. The summed E-state index contributed by atoms with van der Waals surface area (Å²) in [6.07, 6.45) is 4.67. The van der Waals surface area contributed by atoms with Gasteiger partial charge in [0.1, 0.15) is 10.1 Å². The fraction of sp³-hybridized carbons (Fsp3) is 0.524. The number of aromatic nitrogens is 8. The van der Waals surface area contributed by atoms with Crippen molar-refractivity contribution >= 4 is 69.1 Å². The SMILES string of the molecule is CCSc1nc(SCC)c2cnn(CCCn3ncc4c(SCC)nc(SCC)nc43)c2n1. The van der Waals surface area contributed by atoms with Gasteiger partial charge in [0.25, 0.3) is 0 Å². The second-order valence-electron chi connectivity index (χ2n) is 6.92. The molecule has 0 saturated heterocycles. The van der Waals surface area contributed by atoms with Crippen LogP contribution in [-0.4, -0.2) is 62.5 Å². The maximum atomic E-state index is 4.79. The number of rotatable bonds is 12. The van der Waals surface area contributed by atoms with Crippen molar-refractivity contribution in [3.8, 4) is 0 Å². The summed E-state index contributed by atoms with van der Waals surface area (Å²) >= 11 is 6.82. The molecule has 0 aliphatic rings. The molecule has 0 aliphatic heterocycles. The minimum absolute atomic E-state index is 0.756. The topological polar surface area (TPSA) is 87.2 Å². The first-order valence-electron chi connectivity index (χ1n) is 11.2. The van der Waals surface area contributed by atoms with Crippen LogP contribution in [0.3, 0.4) is 0 Å². The monoisotopic (exact) mass is 520 g/mol. The molecule has 0 radical (unpaired) electrons. The van der Waals surface area contributed by atoms with E-state index in [1.807, 2.05) is 21.8 Å². The molecule has 4 aromatic heterocycles. The minimum Gasteiger partial charge on any atom is -0.247 e. The van der Waals surface area contributed by atoms with Gasteiger partial charge < -0.3 is 0 Å². The lowest BCUT2D eigenvalue weighted by atomic mass is 10.4. The Kier molecular flexibility index (Phi) is 8.78. The predicted octanol–water partition coefficient (Wildman–Crippen LogP) is 5.50. The van der Waals surface area contributed by atoms with Crippen LogP contribution in [0, 0.1) is 0 Å². The second kappa shape index (κ2) is 11.8. The summed E-state index contributed by atoms with van der Waals surface area (Å²) in [4.78, 5) is 19.0. The summed E-state index contributed by atoms with van der Waals surface area (Å²) in [7, 11) is 0. The first-order chi connectivity index (χ1) is 16.2. The summed E-state index contributed by atoms with van der Waals surface area (Å²) in [5, 5.41) is 15.0. The third-order valence-electron chi connectivity index (χ3n) is 4.73. The van der Waals surface area contributed by atoms with Crippen molar-refractivity contribution in [3.63, 3.8) is 0 Å². The van der Waals surface area contributed by atoms with E-state index >= 15 is 0 Å². The quantitative estimate of drug-likeness (QED) is 0.135. The van der Waals surface area contributed by atoms with Crippen LogP contribution >= 0.6 is 47.0 Å². The lowest BCUT2D eigenvalue weighted by Gasteiger charge is -2.08. The average molecular weight is 521 g/mol. The molecule has 0 unspecified atom stereocenters. The third kappa shape index (κ3) is 5.60. The van der Waals surface area contributed by atoms with Crippen LogP contribution in [-0.2, 0) is 13.1 Å². The summed E-state index contributed by atoms with van der Waals surface area (Å²) in [5.41, 5.74) is 1.82. The van der Waals surface area contributed by atoms with Gasteiger partial charge in [-0.25, -0.2) is 29.3 Å². The zero-order valence-corrected chi connectivity index (χ0v) is 22.6. The Morgan fingerprint density at radius 3 is 1.42 bits per heavy atom. The van der Waals surface area contributed by atoms with Crippen molar-refractivity contribution in [2.24, 2.45) is 0 Å². The molecule has 0 saturated carbocycles. The van der Waals surface area contributed by atoms with E-state index in [9.17, 15) is 0 Å². The van der Waals surface area contributed by atoms with E-state index in [-0.39, 0.29) is 0 Å². The maximum Gasteiger partial charge on any atom is 0.190 e. The summed E-state index contributed by atoms with van der Waals surface area (Å²) in [5.74, 6) is 3.83. The van der Waals surface area contributed by atoms with E-state index in [1.165, 1.54) is 0 Å². The van der Waals surface area contributed by atoms with Crippen LogP contribution < -0.4 is 0 Å². The molecule has 8 nitrogen and oxygen atoms in total. The molecule has 0 N–H and O–H groups in total. The lowest BCUT2D eigenvalue weighted by Crippen LogP contribution is -2.08. The Balaban J connectivity index is 1.55.